The Morgan fingerprint density at radius 2 is 1.72 bits per heavy atom. The largest absolute Gasteiger partial charge is 0.416 e. The van der Waals surface area contributed by atoms with Crippen LogP contribution in [0.2, 0.25) is 0 Å². The van der Waals surface area contributed by atoms with Gasteiger partial charge in [0.1, 0.15) is 11.6 Å². The second-order valence-corrected chi connectivity index (χ2v) is 8.00. The molecule has 7 nitrogen and oxygen atoms in total. The van der Waals surface area contributed by atoms with Crippen molar-refractivity contribution in [1.82, 2.24) is 24.9 Å². The van der Waals surface area contributed by atoms with Gasteiger partial charge in [0, 0.05) is 31.3 Å². The van der Waals surface area contributed by atoms with Crippen LogP contribution in [-0.4, -0.2) is 39.0 Å². The number of hydrogen-bond acceptors (Lipinski definition) is 6. The van der Waals surface area contributed by atoms with Gasteiger partial charge in [0.25, 0.3) is 0 Å². The molecule has 1 aliphatic rings. The average molecular weight is 439 g/mol. The Balaban J connectivity index is 1.42. The van der Waals surface area contributed by atoms with Gasteiger partial charge in [0.05, 0.1) is 16.6 Å². The second kappa shape index (κ2) is 7.47. The third-order valence-corrected chi connectivity index (χ3v) is 5.21. The van der Waals surface area contributed by atoms with Crippen molar-refractivity contribution in [2.75, 3.05) is 24.3 Å². The van der Waals surface area contributed by atoms with Crippen molar-refractivity contribution in [2.24, 2.45) is 0 Å². The summed E-state index contributed by atoms with van der Waals surface area (Å²) in [6, 6.07) is 10.5. The lowest BCUT2D eigenvalue weighted by molar-refractivity contribution is -0.137. The number of aromatic amines is 1. The first kappa shape index (κ1) is 20.2. The molecule has 2 heterocycles. The maximum Gasteiger partial charge on any atom is 0.416 e. The molecule has 0 atom stereocenters. The molecule has 0 amide bonds. The smallest absolute Gasteiger partial charge is 0.347 e. The second-order valence-electron chi connectivity index (χ2n) is 8.00. The molecule has 1 fully saturated rings. The number of nitrogens with zero attached hydrogens (tertiary/aromatic N) is 5. The molecule has 1 saturated carbocycles. The van der Waals surface area contributed by atoms with E-state index in [4.69, 9.17) is 0 Å². The fourth-order valence-corrected chi connectivity index (χ4v) is 3.33. The van der Waals surface area contributed by atoms with E-state index in [0.717, 1.165) is 42.0 Å². The average Bonchev–Trinajstić information content (AvgIpc) is 3.52. The van der Waals surface area contributed by atoms with Gasteiger partial charge in [-0.1, -0.05) is 12.1 Å². The predicted octanol–water partition coefficient (Wildman–Crippen LogP) is 5.12. The number of rotatable bonds is 5. The van der Waals surface area contributed by atoms with Crippen LogP contribution in [0.15, 0.2) is 42.5 Å². The molecule has 2 N–H and O–H groups in total. The molecule has 0 spiro atoms. The van der Waals surface area contributed by atoms with Crippen LogP contribution in [0.25, 0.3) is 22.4 Å². The Kier molecular flexibility index (Phi) is 4.72. The summed E-state index contributed by atoms with van der Waals surface area (Å²) >= 11 is 0. The first-order chi connectivity index (χ1) is 15.3. The van der Waals surface area contributed by atoms with E-state index in [1.54, 1.807) is 0 Å². The van der Waals surface area contributed by atoms with Crippen LogP contribution < -0.4 is 10.2 Å². The van der Waals surface area contributed by atoms with Gasteiger partial charge in [-0.3, -0.25) is 0 Å². The number of fused-ring (bicyclic) bond motifs is 1. The number of hydrogen-bond donors (Lipinski definition) is 2. The lowest BCUT2D eigenvalue weighted by atomic mass is 10.1. The van der Waals surface area contributed by atoms with Crippen LogP contribution in [0.1, 0.15) is 30.1 Å². The molecule has 164 valence electrons. The standard InChI is InChI=1S/C22H20F3N7/c1-32(2)21-30-19(12-3-4-12)29-20(31-21)26-15-9-10-16-17(11-15)28-18(27-16)13-5-7-14(8-6-13)22(23,24)25/h5-12H,3-4H2,1-2H3,(H,27,28)(H,26,29,30,31). The van der Waals surface area contributed by atoms with E-state index in [2.05, 4.69) is 30.2 Å². The maximum absolute atomic E-state index is 12.8. The van der Waals surface area contributed by atoms with Gasteiger partial charge >= 0.3 is 6.18 Å². The molecule has 2 aromatic carbocycles. The third-order valence-electron chi connectivity index (χ3n) is 5.21. The summed E-state index contributed by atoms with van der Waals surface area (Å²) in [4.78, 5) is 23.1. The molecule has 32 heavy (non-hydrogen) atoms. The van der Waals surface area contributed by atoms with Crippen molar-refractivity contribution in [3.63, 3.8) is 0 Å². The summed E-state index contributed by atoms with van der Waals surface area (Å²) in [5, 5.41) is 3.23. The number of alkyl halides is 3. The van der Waals surface area contributed by atoms with E-state index in [-0.39, 0.29) is 0 Å². The summed E-state index contributed by atoms with van der Waals surface area (Å²) < 4.78 is 38.4. The van der Waals surface area contributed by atoms with E-state index >= 15 is 0 Å². The lowest BCUT2D eigenvalue weighted by Crippen LogP contribution is -2.15. The molecule has 4 aromatic rings. The summed E-state index contributed by atoms with van der Waals surface area (Å²) in [6.45, 7) is 0. The number of nitrogens with one attached hydrogen (secondary N) is 2. The Bertz CT molecular complexity index is 1250. The van der Waals surface area contributed by atoms with Gasteiger partial charge in [-0.05, 0) is 43.2 Å². The van der Waals surface area contributed by atoms with E-state index in [1.807, 2.05) is 37.2 Å². The van der Waals surface area contributed by atoms with E-state index < -0.39 is 11.7 Å². The number of H-pyrrole nitrogens is 1. The summed E-state index contributed by atoms with van der Waals surface area (Å²) in [7, 11) is 3.77. The quantitative estimate of drug-likeness (QED) is 0.449. The molecular formula is C22H20F3N7. The maximum atomic E-state index is 12.8. The summed E-state index contributed by atoms with van der Waals surface area (Å²) in [5.74, 6) is 2.73. The third kappa shape index (κ3) is 4.08. The minimum Gasteiger partial charge on any atom is -0.347 e. The van der Waals surface area contributed by atoms with Gasteiger partial charge in [-0.2, -0.15) is 28.1 Å². The zero-order valence-corrected chi connectivity index (χ0v) is 17.4. The number of halogens is 3. The van der Waals surface area contributed by atoms with Crippen LogP contribution in [0, 0.1) is 0 Å². The molecule has 0 radical (unpaired) electrons. The Morgan fingerprint density at radius 1 is 0.969 bits per heavy atom. The molecule has 0 unspecified atom stereocenters. The monoisotopic (exact) mass is 439 g/mol. The first-order valence-electron chi connectivity index (χ1n) is 10.1. The highest BCUT2D eigenvalue weighted by atomic mass is 19.4. The van der Waals surface area contributed by atoms with E-state index in [0.29, 0.717) is 34.7 Å². The SMILES string of the molecule is CN(C)c1nc(Nc2ccc3nc(-c4ccc(C(F)(F)F)cc4)[nH]c3c2)nc(C2CC2)n1. The summed E-state index contributed by atoms with van der Waals surface area (Å²) in [5.41, 5.74) is 2.09. The molecule has 10 heteroatoms. The van der Waals surface area contributed by atoms with Crippen molar-refractivity contribution >= 4 is 28.6 Å². The topological polar surface area (TPSA) is 82.6 Å². The van der Waals surface area contributed by atoms with Crippen molar-refractivity contribution < 1.29 is 13.2 Å². The molecule has 1 aliphatic carbocycles. The van der Waals surface area contributed by atoms with Crippen LogP contribution in [0.5, 0.6) is 0 Å². The van der Waals surface area contributed by atoms with Crippen molar-refractivity contribution in [3.05, 3.63) is 53.9 Å². The number of imidazole rings is 1. The fourth-order valence-electron chi connectivity index (χ4n) is 3.33. The number of benzene rings is 2. The zero-order chi connectivity index (χ0) is 22.5. The first-order valence-corrected chi connectivity index (χ1v) is 10.1. The Labute approximate surface area is 181 Å². The van der Waals surface area contributed by atoms with Crippen molar-refractivity contribution in [2.45, 2.75) is 24.9 Å². The zero-order valence-electron chi connectivity index (χ0n) is 17.4. The number of aromatic nitrogens is 5. The number of anilines is 3. The van der Waals surface area contributed by atoms with Gasteiger partial charge in [0.2, 0.25) is 11.9 Å². The minimum atomic E-state index is -4.37. The predicted molar refractivity (Wildman–Crippen MR) is 116 cm³/mol. The normalized spacial score (nSPS) is 14.0. The van der Waals surface area contributed by atoms with Crippen molar-refractivity contribution in [3.8, 4) is 11.4 Å². The van der Waals surface area contributed by atoms with Crippen molar-refractivity contribution in [1.29, 1.82) is 0 Å². The molecule has 0 aliphatic heterocycles. The molecule has 0 saturated heterocycles. The van der Waals surface area contributed by atoms with E-state index in [9.17, 15) is 13.2 Å². The highest BCUT2D eigenvalue weighted by Crippen LogP contribution is 2.39. The highest BCUT2D eigenvalue weighted by molar-refractivity contribution is 5.83. The van der Waals surface area contributed by atoms with Gasteiger partial charge in [-0.15, -0.1) is 0 Å². The van der Waals surface area contributed by atoms with Gasteiger partial charge in [0.15, 0.2) is 0 Å². The fraction of sp³-hybridized carbons (Fsp3) is 0.273. The molecule has 5 rings (SSSR count). The highest BCUT2D eigenvalue weighted by Gasteiger charge is 2.30. The van der Waals surface area contributed by atoms with E-state index in [1.165, 1.54) is 12.1 Å². The summed E-state index contributed by atoms with van der Waals surface area (Å²) in [6.07, 6.45) is -2.19. The van der Waals surface area contributed by atoms with Crippen LogP contribution in [0.4, 0.5) is 30.8 Å². The van der Waals surface area contributed by atoms with Crippen LogP contribution in [0.3, 0.4) is 0 Å². The molecule has 0 bridgehead atoms. The Morgan fingerprint density at radius 3 is 2.38 bits per heavy atom. The Hall–Kier alpha value is -3.69. The van der Waals surface area contributed by atoms with Gasteiger partial charge in [-0.25, -0.2) is 4.98 Å². The molecular weight excluding hydrogens is 419 g/mol. The van der Waals surface area contributed by atoms with Crippen LogP contribution >= 0.6 is 0 Å². The van der Waals surface area contributed by atoms with Gasteiger partial charge < -0.3 is 15.2 Å². The lowest BCUT2D eigenvalue weighted by Gasteiger charge is -2.13. The minimum absolute atomic E-state index is 0.388. The molecule has 2 aromatic heterocycles. The van der Waals surface area contributed by atoms with Crippen LogP contribution in [-0.2, 0) is 6.18 Å².